The molecule has 0 aliphatic carbocycles. The van der Waals surface area contributed by atoms with Crippen LogP contribution in [0.4, 0.5) is 0 Å². The number of aryl methyl sites for hydroxylation is 1. The molecule has 0 aliphatic rings. The summed E-state index contributed by atoms with van der Waals surface area (Å²) in [6, 6.07) is 1.20. The minimum Gasteiger partial charge on any atom is -0.506 e. The molecule has 0 aliphatic heterocycles. The number of benzene rings is 1. The zero-order chi connectivity index (χ0) is 11.8. The molecular weight excluding hydrogens is 263 g/mol. The lowest BCUT2D eigenvalue weighted by molar-refractivity contribution is 0.396. The molecule has 15 heavy (non-hydrogen) atoms. The van der Waals surface area contributed by atoms with Gasteiger partial charge in [0.2, 0.25) is 0 Å². The van der Waals surface area contributed by atoms with E-state index in [1.54, 1.807) is 0 Å². The summed E-state index contributed by atoms with van der Waals surface area (Å²) in [5.74, 6) is -0.382. The summed E-state index contributed by atoms with van der Waals surface area (Å²) < 4.78 is 27.1. The molecule has 1 aromatic rings. The maximum atomic E-state index is 11.2. The van der Waals surface area contributed by atoms with Gasteiger partial charge in [-0.15, -0.1) is 0 Å². The third kappa shape index (κ3) is 2.30. The maximum absolute atomic E-state index is 11.2. The highest BCUT2D eigenvalue weighted by atomic mass is 35.7. The Kier molecular flexibility index (Phi) is 3.38. The van der Waals surface area contributed by atoms with Gasteiger partial charge in [0.05, 0.1) is 7.11 Å². The minimum absolute atomic E-state index is 0.158. The second-order valence-electron chi connectivity index (χ2n) is 2.83. The van der Waals surface area contributed by atoms with Crippen molar-refractivity contribution in [1.82, 2.24) is 0 Å². The molecule has 4 nitrogen and oxygen atoms in total. The minimum atomic E-state index is -3.96. The van der Waals surface area contributed by atoms with Crippen molar-refractivity contribution in [2.75, 3.05) is 7.11 Å². The molecule has 0 saturated heterocycles. The van der Waals surface area contributed by atoms with Crippen LogP contribution in [0.25, 0.3) is 0 Å². The van der Waals surface area contributed by atoms with Crippen LogP contribution < -0.4 is 4.74 Å². The van der Waals surface area contributed by atoms with E-state index in [2.05, 4.69) is 0 Å². The first kappa shape index (κ1) is 12.4. The topological polar surface area (TPSA) is 63.6 Å². The standard InChI is InChI=1S/C8H8Cl2O4S/c1-4-3-5(15(10,12)13)8(14-2)6(9)7(4)11/h3,11H,1-2H3. The summed E-state index contributed by atoms with van der Waals surface area (Å²) in [5.41, 5.74) is 0.306. The zero-order valence-electron chi connectivity index (χ0n) is 7.91. The van der Waals surface area contributed by atoms with Crippen molar-refractivity contribution in [3.05, 3.63) is 16.7 Å². The highest BCUT2D eigenvalue weighted by Gasteiger charge is 2.23. The van der Waals surface area contributed by atoms with E-state index in [1.165, 1.54) is 20.1 Å². The van der Waals surface area contributed by atoms with E-state index in [0.717, 1.165) is 0 Å². The van der Waals surface area contributed by atoms with E-state index >= 15 is 0 Å². The van der Waals surface area contributed by atoms with E-state index in [1.807, 2.05) is 0 Å². The molecule has 0 fully saturated rings. The third-order valence-corrected chi connectivity index (χ3v) is 3.50. The largest absolute Gasteiger partial charge is 0.506 e. The van der Waals surface area contributed by atoms with Gasteiger partial charge in [-0.1, -0.05) is 11.6 Å². The highest BCUT2D eigenvalue weighted by Crippen LogP contribution is 2.41. The Morgan fingerprint density at radius 3 is 2.40 bits per heavy atom. The number of hydrogen-bond acceptors (Lipinski definition) is 4. The first-order chi connectivity index (χ1) is 6.79. The van der Waals surface area contributed by atoms with Crippen molar-refractivity contribution in [1.29, 1.82) is 0 Å². The van der Waals surface area contributed by atoms with Crippen LogP contribution in [0.3, 0.4) is 0 Å². The Bertz CT molecular complexity index is 496. The fourth-order valence-corrected chi connectivity index (χ4v) is 2.54. The molecule has 1 aromatic carbocycles. The van der Waals surface area contributed by atoms with Gasteiger partial charge < -0.3 is 9.84 Å². The van der Waals surface area contributed by atoms with Crippen LogP contribution in [0, 0.1) is 6.92 Å². The quantitative estimate of drug-likeness (QED) is 0.838. The molecule has 0 heterocycles. The number of phenols is 1. The lowest BCUT2D eigenvalue weighted by Crippen LogP contribution is -1.98. The summed E-state index contributed by atoms with van der Waals surface area (Å²) in [6.45, 7) is 1.51. The van der Waals surface area contributed by atoms with Crippen molar-refractivity contribution < 1.29 is 18.3 Å². The summed E-state index contributed by atoms with van der Waals surface area (Å²) in [4.78, 5) is -0.257. The van der Waals surface area contributed by atoms with Crippen LogP contribution in [-0.2, 0) is 9.05 Å². The summed E-state index contributed by atoms with van der Waals surface area (Å²) >= 11 is 5.71. The lowest BCUT2D eigenvalue weighted by Gasteiger charge is -2.10. The van der Waals surface area contributed by atoms with E-state index in [9.17, 15) is 13.5 Å². The number of phenolic OH excluding ortho intramolecular Hbond substituents is 1. The number of halogens is 2. The number of aromatic hydroxyl groups is 1. The maximum Gasteiger partial charge on any atom is 0.265 e. The molecule has 0 radical (unpaired) electrons. The molecule has 0 bridgehead atoms. The SMILES string of the molecule is COc1c(S(=O)(=O)Cl)cc(C)c(O)c1Cl. The van der Waals surface area contributed by atoms with Crippen LogP contribution in [0.15, 0.2) is 11.0 Å². The van der Waals surface area contributed by atoms with Gasteiger partial charge >= 0.3 is 0 Å². The molecule has 0 atom stereocenters. The number of ether oxygens (including phenoxy) is 1. The molecule has 0 unspecified atom stereocenters. The molecule has 1 N–H and O–H groups in total. The lowest BCUT2D eigenvalue weighted by atomic mass is 10.2. The second kappa shape index (κ2) is 4.08. The van der Waals surface area contributed by atoms with Gasteiger partial charge in [0.1, 0.15) is 15.7 Å². The number of rotatable bonds is 2. The van der Waals surface area contributed by atoms with E-state index in [-0.39, 0.29) is 21.4 Å². The third-order valence-electron chi connectivity index (χ3n) is 1.82. The molecule has 0 spiro atoms. The average molecular weight is 271 g/mol. The normalized spacial score (nSPS) is 11.5. The van der Waals surface area contributed by atoms with Crippen molar-refractivity contribution in [3.63, 3.8) is 0 Å². The Morgan fingerprint density at radius 1 is 1.47 bits per heavy atom. The van der Waals surface area contributed by atoms with Crippen molar-refractivity contribution in [2.24, 2.45) is 0 Å². The second-order valence-corrected chi connectivity index (χ2v) is 5.74. The Balaban J connectivity index is 3.68. The Labute approximate surface area is 96.8 Å². The Hall–Kier alpha value is -0.650. The molecule has 84 valence electrons. The van der Waals surface area contributed by atoms with Gasteiger partial charge in [-0.05, 0) is 18.6 Å². The summed E-state index contributed by atoms with van der Waals surface area (Å²) in [5, 5.41) is 9.29. The van der Waals surface area contributed by atoms with Gasteiger partial charge in [0, 0.05) is 10.7 Å². The smallest absolute Gasteiger partial charge is 0.265 e. The fourth-order valence-electron chi connectivity index (χ4n) is 1.09. The zero-order valence-corrected chi connectivity index (χ0v) is 10.2. The van der Waals surface area contributed by atoms with Crippen LogP contribution in [0.1, 0.15) is 5.56 Å². The molecule has 7 heteroatoms. The summed E-state index contributed by atoms with van der Waals surface area (Å²) in [6.07, 6.45) is 0. The Morgan fingerprint density at radius 2 is 2.00 bits per heavy atom. The fraction of sp³-hybridized carbons (Fsp3) is 0.250. The van der Waals surface area contributed by atoms with Gasteiger partial charge in [-0.3, -0.25) is 0 Å². The molecule has 1 rings (SSSR count). The van der Waals surface area contributed by atoms with Gasteiger partial charge in [0.25, 0.3) is 9.05 Å². The van der Waals surface area contributed by atoms with E-state index < -0.39 is 9.05 Å². The molecule has 0 saturated carbocycles. The first-order valence-electron chi connectivity index (χ1n) is 3.79. The van der Waals surface area contributed by atoms with Crippen LogP contribution in [-0.4, -0.2) is 20.6 Å². The molecule has 0 amide bonds. The molecule has 0 aromatic heterocycles. The molecular formula is C8H8Cl2O4S. The van der Waals surface area contributed by atoms with Crippen molar-refractivity contribution >= 4 is 31.3 Å². The van der Waals surface area contributed by atoms with E-state index in [0.29, 0.717) is 5.56 Å². The van der Waals surface area contributed by atoms with E-state index in [4.69, 9.17) is 27.0 Å². The highest BCUT2D eigenvalue weighted by molar-refractivity contribution is 8.13. The van der Waals surface area contributed by atoms with Gasteiger partial charge in [0.15, 0.2) is 5.75 Å². The van der Waals surface area contributed by atoms with Crippen LogP contribution in [0.5, 0.6) is 11.5 Å². The van der Waals surface area contributed by atoms with Crippen LogP contribution in [0.2, 0.25) is 5.02 Å². The first-order valence-corrected chi connectivity index (χ1v) is 6.48. The van der Waals surface area contributed by atoms with Crippen molar-refractivity contribution in [2.45, 2.75) is 11.8 Å². The van der Waals surface area contributed by atoms with Gasteiger partial charge in [-0.25, -0.2) is 8.42 Å². The summed E-state index contributed by atoms with van der Waals surface area (Å²) in [7, 11) is 2.47. The predicted octanol–water partition coefficient (Wildman–Crippen LogP) is 2.29. The number of methoxy groups -OCH3 is 1. The van der Waals surface area contributed by atoms with Gasteiger partial charge in [-0.2, -0.15) is 0 Å². The van der Waals surface area contributed by atoms with Crippen molar-refractivity contribution in [3.8, 4) is 11.5 Å². The predicted molar refractivity (Wildman–Crippen MR) is 57.4 cm³/mol. The van der Waals surface area contributed by atoms with Crippen LogP contribution >= 0.6 is 22.3 Å². The monoisotopic (exact) mass is 270 g/mol. The average Bonchev–Trinajstić information content (AvgIpc) is 2.12. The number of hydrogen-bond donors (Lipinski definition) is 1.